The van der Waals surface area contributed by atoms with Crippen LogP contribution in [0.15, 0.2) is 94.8 Å². The molecule has 0 bridgehead atoms. The number of fused-ring (bicyclic) bond motifs is 1. The molecule has 0 aliphatic rings. The van der Waals surface area contributed by atoms with Gasteiger partial charge >= 0.3 is 5.97 Å². The molecular weight excluding hydrogens is 537 g/mol. The normalized spacial score (nSPS) is 11.2. The molecule has 4 aromatic carbocycles. The molecule has 0 spiro atoms. The van der Waals surface area contributed by atoms with E-state index in [4.69, 9.17) is 32.7 Å². The number of methoxy groups -OCH3 is 1. The largest absolute Gasteiger partial charge is 0.493 e. The molecule has 1 heterocycles. The van der Waals surface area contributed by atoms with Crippen LogP contribution in [0.1, 0.15) is 21.5 Å². The van der Waals surface area contributed by atoms with Crippen LogP contribution in [-0.4, -0.2) is 29.0 Å². The lowest BCUT2D eigenvalue weighted by Crippen LogP contribution is -2.20. The van der Waals surface area contributed by atoms with Gasteiger partial charge in [0, 0.05) is 10.6 Å². The summed E-state index contributed by atoms with van der Waals surface area (Å²) in [6.07, 6.45) is 1.49. The summed E-state index contributed by atoms with van der Waals surface area (Å²) < 4.78 is 12.2. The fourth-order valence-corrected chi connectivity index (χ4v) is 4.39. The van der Waals surface area contributed by atoms with Crippen molar-refractivity contribution in [3.05, 3.63) is 122 Å². The number of esters is 1. The molecule has 0 unspecified atom stereocenters. The second-order valence-electron chi connectivity index (χ2n) is 8.60. The number of aryl methyl sites for hydroxylation is 1. The zero-order chi connectivity index (χ0) is 27.5. The van der Waals surface area contributed by atoms with Gasteiger partial charge in [0.15, 0.2) is 17.3 Å². The Kier molecular flexibility index (Phi) is 7.45. The van der Waals surface area contributed by atoms with E-state index >= 15 is 0 Å². The van der Waals surface area contributed by atoms with Crippen LogP contribution in [0, 0.1) is 6.92 Å². The SMILES string of the molecule is COc1cc(C=Nn2c(-c3ccc(Cl)cc3Cl)nc3ccccc3c2=O)ccc1OC(=O)c1ccc(C)cc1. The first-order chi connectivity index (χ1) is 18.8. The van der Waals surface area contributed by atoms with Crippen molar-refractivity contribution in [2.24, 2.45) is 5.10 Å². The van der Waals surface area contributed by atoms with E-state index in [0.29, 0.717) is 43.4 Å². The van der Waals surface area contributed by atoms with Crippen molar-refractivity contribution < 1.29 is 14.3 Å². The lowest BCUT2D eigenvalue weighted by atomic mass is 10.1. The highest BCUT2D eigenvalue weighted by Crippen LogP contribution is 2.30. The van der Waals surface area contributed by atoms with Crippen LogP contribution < -0.4 is 15.0 Å². The van der Waals surface area contributed by atoms with E-state index in [0.717, 1.165) is 5.56 Å². The van der Waals surface area contributed by atoms with E-state index in [1.165, 1.54) is 18.0 Å². The van der Waals surface area contributed by atoms with Gasteiger partial charge in [-0.25, -0.2) is 9.78 Å². The Morgan fingerprint density at radius 1 is 0.949 bits per heavy atom. The van der Waals surface area contributed by atoms with Crippen molar-refractivity contribution in [3.63, 3.8) is 0 Å². The van der Waals surface area contributed by atoms with E-state index in [1.807, 2.05) is 19.1 Å². The Morgan fingerprint density at radius 3 is 2.46 bits per heavy atom. The van der Waals surface area contributed by atoms with Gasteiger partial charge in [-0.1, -0.05) is 53.0 Å². The number of hydrogen-bond acceptors (Lipinski definition) is 6. The molecule has 0 radical (unpaired) electrons. The van der Waals surface area contributed by atoms with Crippen LogP contribution in [-0.2, 0) is 0 Å². The zero-order valence-electron chi connectivity index (χ0n) is 20.9. The van der Waals surface area contributed by atoms with E-state index < -0.39 is 5.97 Å². The molecule has 39 heavy (non-hydrogen) atoms. The molecule has 9 heteroatoms. The average molecular weight is 558 g/mol. The van der Waals surface area contributed by atoms with Gasteiger partial charge < -0.3 is 9.47 Å². The van der Waals surface area contributed by atoms with Gasteiger partial charge in [0.1, 0.15) is 0 Å². The predicted molar refractivity (Wildman–Crippen MR) is 154 cm³/mol. The van der Waals surface area contributed by atoms with E-state index in [1.54, 1.807) is 72.8 Å². The summed E-state index contributed by atoms with van der Waals surface area (Å²) in [6.45, 7) is 1.94. The first-order valence-electron chi connectivity index (χ1n) is 11.8. The van der Waals surface area contributed by atoms with Crippen LogP contribution in [0.2, 0.25) is 10.0 Å². The van der Waals surface area contributed by atoms with Gasteiger partial charge in [-0.3, -0.25) is 4.79 Å². The fraction of sp³-hybridized carbons (Fsp3) is 0.0667. The molecular formula is C30H21Cl2N3O4. The molecule has 5 rings (SSSR count). The molecule has 0 amide bonds. The van der Waals surface area contributed by atoms with Gasteiger partial charge in [0.05, 0.1) is 34.8 Å². The Labute approximate surface area is 233 Å². The quantitative estimate of drug-likeness (QED) is 0.130. The molecule has 0 saturated carbocycles. The smallest absolute Gasteiger partial charge is 0.343 e. The second kappa shape index (κ2) is 11.1. The molecule has 7 nitrogen and oxygen atoms in total. The first kappa shape index (κ1) is 26.2. The standard InChI is InChI=1S/C30H21Cl2N3O4/c1-18-7-10-20(11-8-18)30(37)39-26-14-9-19(15-27(26)38-2)17-33-35-28(22-13-12-21(31)16-24(22)32)34-25-6-4-3-5-23(25)29(35)36/h3-17H,1-2H3. The third kappa shape index (κ3) is 5.55. The summed E-state index contributed by atoms with van der Waals surface area (Å²) >= 11 is 12.5. The number of carbonyl (C=O) groups excluding carboxylic acids is 1. The summed E-state index contributed by atoms with van der Waals surface area (Å²) in [4.78, 5) is 30.7. The molecule has 1 aromatic heterocycles. The summed E-state index contributed by atoms with van der Waals surface area (Å²) in [5.41, 5.74) is 2.69. The number of hydrogen-bond donors (Lipinski definition) is 0. The van der Waals surface area contributed by atoms with Gasteiger partial charge in [-0.05, 0) is 73.2 Å². The molecule has 0 aliphatic carbocycles. The minimum atomic E-state index is -0.506. The average Bonchev–Trinajstić information content (AvgIpc) is 2.93. The summed E-state index contributed by atoms with van der Waals surface area (Å²) in [6, 6.07) is 23.9. The van der Waals surface area contributed by atoms with Crippen LogP contribution in [0.5, 0.6) is 11.5 Å². The first-order valence-corrected chi connectivity index (χ1v) is 12.6. The molecule has 5 aromatic rings. The number of ether oxygens (including phenoxy) is 2. The Morgan fingerprint density at radius 2 is 1.72 bits per heavy atom. The molecule has 0 aliphatic heterocycles. The number of halogens is 2. The third-order valence-electron chi connectivity index (χ3n) is 5.93. The van der Waals surface area contributed by atoms with Gasteiger partial charge in [0.2, 0.25) is 0 Å². The van der Waals surface area contributed by atoms with Crippen LogP contribution in [0.25, 0.3) is 22.3 Å². The molecule has 0 fully saturated rings. The summed E-state index contributed by atoms with van der Waals surface area (Å²) in [5.74, 6) is 0.322. The number of carbonyl (C=O) groups is 1. The molecule has 0 saturated heterocycles. The highest BCUT2D eigenvalue weighted by molar-refractivity contribution is 6.36. The van der Waals surface area contributed by atoms with Crippen LogP contribution in [0.4, 0.5) is 0 Å². The Balaban J connectivity index is 1.52. The Hall–Kier alpha value is -4.46. The highest BCUT2D eigenvalue weighted by atomic mass is 35.5. The van der Waals surface area contributed by atoms with Crippen molar-refractivity contribution in [1.82, 2.24) is 9.66 Å². The van der Waals surface area contributed by atoms with Gasteiger partial charge in [-0.2, -0.15) is 9.78 Å². The van der Waals surface area contributed by atoms with Gasteiger partial charge in [0.25, 0.3) is 5.56 Å². The molecule has 0 atom stereocenters. The maximum absolute atomic E-state index is 13.4. The number of nitrogens with zero attached hydrogens (tertiary/aromatic N) is 3. The van der Waals surface area contributed by atoms with Crippen molar-refractivity contribution in [3.8, 4) is 22.9 Å². The predicted octanol–water partition coefficient (Wildman–Crippen LogP) is 6.79. The number of benzene rings is 4. The summed E-state index contributed by atoms with van der Waals surface area (Å²) in [7, 11) is 1.47. The number of para-hydroxylation sites is 1. The Bertz CT molecular complexity index is 1800. The minimum absolute atomic E-state index is 0.249. The highest BCUT2D eigenvalue weighted by Gasteiger charge is 2.16. The van der Waals surface area contributed by atoms with E-state index in [9.17, 15) is 9.59 Å². The fourth-order valence-electron chi connectivity index (χ4n) is 3.90. The second-order valence-corrected chi connectivity index (χ2v) is 9.45. The van der Waals surface area contributed by atoms with Crippen molar-refractivity contribution >= 4 is 46.3 Å². The topological polar surface area (TPSA) is 82.8 Å². The van der Waals surface area contributed by atoms with Crippen molar-refractivity contribution in [1.29, 1.82) is 0 Å². The summed E-state index contributed by atoms with van der Waals surface area (Å²) in [5, 5.41) is 5.64. The van der Waals surface area contributed by atoms with Crippen LogP contribution >= 0.6 is 23.2 Å². The monoisotopic (exact) mass is 557 g/mol. The van der Waals surface area contributed by atoms with Gasteiger partial charge in [-0.15, -0.1) is 0 Å². The third-order valence-corrected chi connectivity index (χ3v) is 6.47. The maximum Gasteiger partial charge on any atom is 0.343 e. The van der Waals surface area contributed by atoms with Crippen molar-refractivity contribution in [2.45, 2.75) is 6.92 Å². The number of rotatable bonds is 6. The van der Waals surface area contributed by atoms with E-state index in [-0.39, 0.29) is 17.1 Å². The zero-order valence-corrected chi connectivity index (χ0v) is 22.4. The number of aromatic nitrogens is 2. The maximum atomic E-state index is 13.4. The van der Waals surface area contributed by atoms with Crippen LogP contribution in [0.3, 0.4) is 0 Å². The minimum Gasteiger partial charge on any atom is -0.493 e. The molecule has 0 N–H and O–H groups in total. The van der Waals surface area contributed by atoms with E-state index in [2.05, 4.69) is 10.1 Å². The lowest BCUT2D eigenvalue weighted by Gasteiger charge is -2.12. The lowest BCUT2D eigenvalue weighted by molar-refractivity contribution is 0.0729. The van der Waals surface area contributed by atoms with Crippen molar-refractivity contribution in [2.75, 3.05) is 7.11 Å². The molecule has 194 valence electrons.